The van der Waals surface area contributed by atoms with Gasteiger partial charge in [0.2, 0.25) is 0 Å². The molecule has 1 aliphatic rings. The third-order valence-electron chi connectivity index (χ3n) is 4.10. The summed E-state index contributed by atoms with van der Waals surface area (Å²) in [6, 6.07) is 6.73. The van der Waals surface area contributed by atoms with Gasteiger partial charge in [-0.3, -0.25) is 0 Å². The molecule has 3 nitrogen and oxygen atoms in total. The number of hydrogen-bond donors (Lipinski definition) is 1. The second-order valence-electron chi connectivity index (χ2n) is 5.74. The van der Waals surface area contributed by atoms with Gasteiger partial charge in [0.15, 0.2) is 0 Å². The fourth-order valence-electron chi connectivity index (χ4n) is 2.82. The zero-order valence-electron chi connectivity index (χ0n) is 12.4. The summed E-state index contributed by atoms with van der Waals surface area (Å²) in [5.41, 5.74) is 7.07. The van der Waals surface area contributed by atoms with Crippen LogP contribution in [0.2, 0.25) is 0 Å². The highest BCUT2D eigenvalue weighted by Gasteiger charge is 2.18. The van der Waals surface area contributed by atoms with Crippen molar-refractivity contribution < 1.29 is 4.74 Å². The van der Waals surface area contributed by atoms with Crippen molar-refractivity contribution in [2.45, 2.75) is 44.7 Å². The van der Waals surface area contributed by atoms with Crippen molar-refractivity contribution in [3.8, 4) is 5.75 Å². The number of rotatable bonds is 5. The first-order valence-corrected chi connectivity index (χ1v) is 8.25. The highest BCUT2D eigenvalue weighted by molar-refractivity contribution is 9.10. The van der Waals surface area contributed by atoms with Gasteiger partial charge in [0.05, 0.1) is 6.61 Å². The predicted octanol–water partition coefficient (Wildman–Crippen LogP) is 3.72. The molecule has 20 heavy (non-hydrogen) atoms. The number of halogens is 1. The van der Waals surface area contributed by atoms with Crippen LogP contribution in [-0.4, -0.2) is 31.1 Å². The van der Waals surface area contributed by atoms with Gasteiger partial charge in [-0.05, 0) is 51.9 Å². The molecule has 2 atom stereocenters. The lowest BCUT2D eigenvalue weighted by Gasteiger charge is -2.32. The maximum atomic E-state index is 6.00. The number of benzene rings is 1. The summed E-state index contributed by atoms with van der Waals surface area (Å²) in [5, 5.41) is 0. The molecule has 1 saturated heterocycles. The van der Waals surface area contributed by atoms with Crippen molar-refractivity contribution in [1.82, 2.24) is 4.90 Å². The predicted molar refractivity (Wildman–Crippen MR) is 87.1 cm³/mol. The molecular weight excluding hydrogens is 316 g/mol. The van der Waals surface area contributed by atoms with Gasteiger partial charge >= 0.3 is 0 Å². The monoisotopic (exact) mass is 340 g/mol. The fraction of sp³-hybridized carbons (Fsp3) is 0.625. The number of likely N-dealkylation sites (tertiary alicyclic amines) is 1. The van der Waals surface area contributed by atoms with Crippen LogP contribution in [-0.2, 0) is 0 Å². The maximum absolute atomic E-state index is 6.00. The van der Waals surface area contributed by atoms with Crippen LogP contribution >= 0.6 is 15.9 Å². The van der Waals surface area contributed by atoms with E-state index in [-0.39, 0.29) is 6.04 Å². The summed E-state index contributed by atoms with van der Waals surface area (Å²) in [5.74, 6) is 0.910. The summed E-state index contributed by atoms with van der Waals surface area (Å²) >= 11 is 3.49. The Labute approximate surface area is 130 Å². The molecule has 2 rings (SSSR count). The van der Waals surface area contributed by atoms with Crippen LogP contribution < -0.4 is 10.5 Å². The minimum atomic E-state index is -0.00421. The van der Waals surface area contributed by atoms with Crippen LogP contribution in [0.3, 0.4) is 0 Å². The molecule has 0 bridgehead atoms. The van der Waals surface area contributed by atoms with Gasteiger partial charge < -0.3 is 15.4 Å². The molecule has 0 saturated carbocycles. The second-order valence-corrected chi connectivity index (χ2v) is 6.65. The average Bonchev–Trinajstić information content (AvgIpc) is 2.41. The number of nitrogens with two attached hydrogens (primary N) is 1. The third-order valence-corrected chi connectivity index (χ3v) is 4.59. The molecule has 4 heteroatoms. The smallest absolute Gasteiger partial charge is 0.125 e. The van der Waals surface area contributed by atoms with E-state index >= 15 is 0 Å². The summed E-state index contributed by atoms with van der Waals surface area (Å²) < 4.78 is 7.03. The van der Waals surface area contributed by atoms with Crippen LogP contribution in [0.15, 0.2) is 22.7 Å². The van der Waals surface area contributed by atoms with E-state index in [2.05, 4.69) is 27.9 Å². The highest BCUT2D eigenvalue weighted by Crippen LogP contribution is 2.28. The van der Waals surface area contributed by atoms with Crippen molar-refractivity contribution in [1.29, 1.82) is 0 Å². The van der Waals surface area contributed by atoms with Gasteiger partial charge in [-0.15, -0.1) is 0 Å². The average molecular weight is 341 g/mol. The van der Waals surface area contributed by atoms with Crippen molar-refractivity contribution in [3.05, 3.63) is 28.2 Å². The quantitative estimate of drug-likeness (QED) is 0.887. The van der Waals surface area contributed by atoms with Crippen LogP contribution in [0.1, 0.15) is 44.2 Å². The fourth-order valence-corrected chi connectivity index (χ4v) is 3.16. The van der Waals surface area contributed by atoms with Crippen LogP contribution in [0, 0.1) is 0 Å². The summed E-state index contributed by atoms with van der Waals surface area (Å²) in [7, 11) is 2.22. The van der Waals surface area contributed by atoms with E-state index in [0.717, 1.165) is 28.8 Å². The zero-order chi connectivity index (χ0) is 14.5. The Morgan fingerprint density at radius 3 is 2.95 bits per heavy atom. The largest absolute Gasteiger partial charge is 0.493 e. The molecule has 1 aliphatic heterocycles. The van der Waals surface area contributed by atoms with E-state index < -0.39 is 0 Å². The van der Waals surface area contributed by atoms with E-state index in [9.17, 15) is 0 Å². The molecule has 1 heterocycles. The first kappa shape index (κ1) is 15.8. The highest BCUT2D eigenvalue weighted by atomic mass is 79.9. The first-order valence-electron chi connectivity index (χ1n) is 7.46. The van der Waals surface area contributed by atoms with Gasteiger partial charge in [0.1, 0.15) is 5.75 Å². The van der Waals surface area contributed by atoms with Gasteiger partial charge in [-0.25, -0.2) is 0 Å². The van der Waals surface area contributed by atoms with Crippen LogP contribution in [0.5, 0.6) is 5.75 Å². The standard InChI is InChI=1S/C16H25BrN2O/c1-12(18)15-7-6-13(17)11-16(15)20-10-8-14-5-3-4-9-19(14)2/h6-7,11-12,14H,3-5,8-10,18H2,1-2H3/t12-,14?/m1/s1. The topological polar surface area (TPSA) is 38.5 Å². The number of nitrogens with zero attached hydrogens (tertiary/aromatic N) is 1. The van der Waals surface area contributed by atoms with Crippen molar-refractivity contribution >= 4 is 15.9 Å². The number of ether oxygens (including phenoxy) is 1. The number of hydrogen-bond acceptors (Lipinski definition) is 3. The molecule has 1 fully saturated rings. The molecular formula is C16H25BrN2O. The van der Waals surface area contributed by atoms with Crippen LogP contribution in [0.25, 0.3) is 0 Å². The Morgan fingerprint density at radius 1 is 1.45 bits per heavy atom. The maximum Gasteiger partial charge on any atom is 0.125 e. The molecule has 0 aliphatic carbocycles. The minimum absolute atomic E-state index is 0.00421. The molecule has 0 aromatic heterocycles. The molecule has 1 aromatic rings. The lowest BCUT2D eigenvalue weighted by molar-refractivity contribution is 0.152. The Balaban J connectivity index is 1.91. The molecule has 1 unspecified atom stereocenters. The minimum Gasteiger partial charge on any atom is -0.493 e. The SMILES string of the molecule is C[C@@H](N)c1ccc(Br)cc1OCCC1CCCCN1C. The number of piperidine rings is 1. The zero-order valence-corrected chi connectivity index (χ0v) is 14.0. The van der Waals surface area contributed by atoms with E-state index in [0.29, 0.717) is 6.04 Å². The normalized spacial score (nSPS) is 21.7. The van der Waals surface area contributed by atoms with Gasteiger partial charge in [-0.1, -0.05) is 28.4 Å². The van der Waals surface area contributed by atoms with Crippen molar-refractivity contribution in [2.75, 3.05) is 20.2 Å². The molecule has 112 valence electrons. The molecule has 0 spiro atoms. The van der Waals surface area contributed by atoms with E-state index in [1.165, 1.54) is 25.8 Å². The molecule has 0 radical (unpaired) electrons. The van der Waals surface area contributed by atoms with E-state index in [4.69, 9.17) is 10.5 Å². The second kappa shape index (κ2) is 7.43. The lowest BCUT2D eigenvalue weighted by Crippen LogP contribution is -2.37. The summed E-state index contributed by atoms with van der Waals surface area (Å²) in [4.78, 5) is 2.46. The Morgan fingerprint density at radius 2 is 2.25 bits per heavy atom. The first-order chi connectivity index (χ1) is 9.58. The van der Waals surface area contributed by atoms with Gasteiger partial charge in [-0.2, -0.15) is 0 Å². The molecule has 2 N–H and O–H groups in total. The van der Waals surface area contributed by atoms with Gasteiger partial charge in [0, 0.05) is 22.1 Å². The Kier molecular flexibility index (Phi) is 5.87. The molecule has 0 amide bonds. The molecule has 1 aromatic carbocycles. The lowest BCUT2D eigenvalue weighted by atomic mass is 10.0. The van der Waals surface area contributed by atoms with Gasteiger partial charge in [0.25, 0.3) is 0 Å². The third kappa shape index (κ3) is 4.21. The van der Waals surface area contributed by atoms with Crippen molar-refractivity contribution in [3.63, 3.8) is 0 Å². The van der Waals surface area contributed by atoms with E-state index in [1.807, 2.05) is 25.1 Å². The van der Waals surface area contributed by atoms with E-state index in [1.54, 1.807) is 0 Å². The van der Waals surface area contributed by atoms with Crippen molar-refractivity contribution in [2.24, 2.45) is 5.73 Å². The summed E-state index contributed by atoms with van der Waals surface area (Å²) in [6.45, 7) is 3.96. The summed E-state index contributed by atoms with van der Waals surface area (Å²) in [6.07, 6.45) is 5.05. The van der Waals surface area contributed by atoms with Crippen LogP contribution in [0.4, 0.5) is 0 Å². The Hall–Kier alpha value is -0.580. The Bertz CT molecular complexity index is 436.